The maximum atomic E-state index is 11.8. The van der Waals surface area contributed by atoms with Crippen molar-refractivity contribution in [1.29, 1.82) is 0 Å². The van der Waals surface area contributed by atoms with Gasteiger partial charge in [0.25, 0.3) is 0 Å². The van der Waals surface area contributed by atoms with Crippen LogP contribution in [-0.4, -0.2) is 19.1 Å². The standard InChI is InChI=1S/C9H7F3O4S/c10-9(11,12)6-5-7-1-3-8(4-2-7)16-17(13,14)15/h1-6H,(H,13,14,15). The highest BCUT2D eigenvalue weighted by atomic mass is 32.3. The maximum Gasteiger partial charge on any atom is 0.446 e. The van der Waals surface area contributed by atoms with Crippen LogP contribution >= 0.6 is 0 Å². The molecule has 0 saturated carbocycles. The fourth-order valence-corrected chi connectivity index (χ4v) is 1.30. The quantitative estimate of drug-likeness (QED) is 0.855. The van der Waals surface area contributed by atoms with Gasteiger partial charge in [-0.15, -0.1) is 0 Å². The predicted octanol–water partition coefficient (Wildman–Crippen LogP) is 2.44. The van der Waals surface area contributed by atoms with Crippen LogP contribution in [0.15, 0.2) is 30.3 Å². The number of hydrogen-bond donors (Lipinski definition) is 1. The second kappa shape index (κ2) is 4.76. The van der Waals surface area contributed by atoms with Crippen LogP contribution in [0.2, 0.25) is 0 Å². The van der Waals surface area contributed by atoms with Gasteiger partial charge in [-0.3, -0.25) is 4.55 Å². The average molecular weight is 268 g/mol. The van der Waals surface area contributed by atoms with Crippen LogP contribution in [0.25, 0.3) is 6.08 Å². The second-order valence-electron chi connectivity index (χ2n) is 2.96. The fourth-order valence-electron chi connectivity index (χ4n) is 0.947. The molecule has 0 aromatic heterocycles. The Morgan fingerprint density at radius 3 is 2.12 bits per heavy atom. The minimum atomic E-state index is -4.62. The van der Waals surface area contributed by atoms with Crippen LogP contribution in [-0.2, 0) is 10.4 Å². The summed E-state index contributed by atoms with van der Waals surface area (Å²) in [5.41, 5.74) is 0.213. The lowest BCUT2D eigenvalue weighted by Gasteiger charge is -2.01. The Morgan fingerprint density at radius 1 is 1.18 bits per heavy atom. The van der Waals surface area contributed by atoms with E-state index in [1.165, 1.54) is 12.1 Å². The van der Waals surface area contributed by atoms with E-state index in [1.54, 1.807) is 0 Å². The molecule has 94 valence electrons. The first-order valence-corrected chi connectivity index (χ1v) is 5.55. The zero-order valence-electron chi connectivity index (χ0n) is 8.18. The van der Waals surface area contributed by atoms with Gasteiger partial charge in [-0.1, -0.05) is 18.2 Å². The molecule has 0 aliphatic rings. The highest BCUT2D eigenvalue weighted by Gasteiger charge is 2.21. The van der Waals surface area contributed by atoms with Crippen molar-refractivity contribution in [3.05, 3.63) is 35.9 Å². The van der Waals surface area contributed by atoms with Crippen molar-refractivity contribution in [1.82, 2.24) is 0 Å². The minimum absolute atomic E-state index is 0.0473. The van der Waals surface area contributed by atoms with E-state index < -0.39 is 16.6 Å². The molecular formula is C9H7F3O4S. The van der Waals surface area contributed by atoms with Gasteiger partial charge in [-0.25, -0.2) is 0 Å². The minimum Gasteiger partial charge on any atom is -0.362 e. The molecule has 1 N–H and O–H groups in total. The lowest BCUT2D eigenvalue weighted by Crippen LogP contribution is -2.06. The molecule has 8 heteroatoms. The van der Waals surface area contributed by atoms with Gasteiger partial charge < -0.3 is 4.18 Å². The molecular weight excluding hydrogens is 261 g/mol. The zero-order chi connectivity index (χ0) is 13.1. The number of allylic oxidation sites excluding steroid dienone is 1. The molecule has 0 saturated heterocycles. The van der Waals surface area contributed by atoms with Crippen molar-refractivity contribution in [2.75, 3.05) is 0 Å². The van der Waals surface area contributed by atoms with Crippen molar-refractivity contribution in [2.24, 2.45) is 0 Å². The van der Waals surface area contributed by atoms with Crippen LogP contribution in [0.1, 0.15) is 5.56 Å². The third-order valence-electron chi connectivity index (χ3n) is 1.55. The highest BCUT2D eigenvalue weighted by Crippen LogP contribution is 2.19. The Balaban J connectivity index is 2.79. The number of hydrogen-bond acceptors (Lipinski definition) is 3. The van der Waals surface area contributed by atoms with Gasteiger partial charge in [0, 0.05) is 6.08 Å². The number of benzene rings is 1. The molecule has 0 atom stereocenters. The Hall–Kier alpha value is -1.54. The Kier molecular flexibility index (Phi) is 3.79. The van der Waals surface area contributed by atoms with Crippen molar-refractivity contribution in [3.8, 4) is 5.75 Å². The second-order valence-corrected chi connectivity index (χ2v) is 3.98. The molecule has 1 rings (SSSR count). The molecule has 0 unspecified atom stereocenters. The molecule has 0 radical (unpaired) electrons. The highest BCUT2D eigenvalue weighted by molar-refractivity contribution is 7.81. The Labute approximate surface area is 95.3 Å². The number of alkyl halides is 3. The van der Waals surface area contributed by atoms with Crippen molar-refractivity contribution in [2.45, 2.75) is 6.18 Å². The van der Waals surface area contributed by atoms with Crippen LogP contribution in [0.3, 0.4) is 0 Å². The molecule has 0 spiro atoms. The molecule has 0 bridgehead atoms. The lowest BCUT2D eigenvalue weighted by atomic mass is 10.2. The largest absolute Gasteiger partial charge is 0.446 e. The summed E-state index contributed by atoms with van der Waals surface area (Å²) < 4.78 is 68.5. The van der Waals surface area contributed by atoms with Gasteiger partial charge in [0.05, 0.1) is 0 Å². The summed E-state index contributed by atoms with van der Waals surface area (Å²) in [6.45, 7) is 0. The first-order chi connectivity index (χ1) is 7.66. The van der Waals surface area contributed by atoms with E-state index in [2.05, 4.69) is 4.18 Å². The van der Waals surface area contributed by atoms with Crippen LogP contribution in [0.5, 0.6) is 5.75 Å². The molecule has 17 heavy (non-hydrogen) atoms. The van der Waals surface area contributed by atoms with E-state index in [1.807, 2.05) is 0 Å². The van der Waals surface area contributed by atoms with Gasteiger partial charge in [0.2, 0.25) is 0 Å². The van der Waals surface area contributed by atoms with Gasteiger partial charge in [-0.05, 0) is 17.7 Å². The molecule has 0 fully saturated rings. The van der Waals surface area contributed by atoms with Gasteiger partial charge in [0.1, 0.15) is 5.75 Å². The fraction of sp³-hybridized carbons (Fsp3) is 0.111. The first-order valence-electron chi connectivity index (χ1n) is 4.19. The summed E-state index contributed by atoms with van der Waals surface area (Å²) in [5.74, 6) is -0.198. The van der Waals surface area contributed by atoms with Gasteiger partial charge in [-0.2, -0.15) is 21.6 Å². The van der Waals surface area contributed by atoms with E-state index in [-0.39, 0.29) is 17.4 Å². The van der Waals surface area contributed by atoms with E-state index in [4.69, 9.17) is 4.55 Å². The van der Waals surface area contributed by atoms with E-state index in [0.717, 1.165) is 18.2 Å². The van der Waals surface area contributed by atoms with Gasteiger partial charge >= 0.3 is 16.6 Å². The summed E-state index contributed by atoms with van der Waals surface area (Å²) in [4.78, 5) is 0. The molecule has 1 aromatic carbocycles. The van der Waals surface area contributed by atoms with E-state index >= 15 is 0 Å². The Bertz CT molecular complexity index is 502. The molecule has 0 amide bonds. The average Bonchev–Trinajstić information content (AvgIpc) is 2.13. The zero-order valence-corrected chi connectivity index (χ0v) is 8.99. The monoisotopic (exact) mass is 268 g/mol. The molecule has 0 aliphatic heterocycles. The number of rotatable bonds is 3. The van der Waals surface area contributed by atoms with Crippen LogP contribution in [0, 0.1) is 0 Å². The third-order valence-corrected chi connectivity index (χ3v) is 1.95. The summed E-state index contributed by atoms with van der Waals surface area (Å²) in [7, 11) is -4.62. The van der Waals surface area contributed by atoms with Crippen molar-refractivity contribution < 1.29 is 30.3 Å². The molecule has 0 heterocycles. The smallest absolute Gasteiger partial charge is 0.362 e. The molecule has 4 nitrogen and oxygen atoms in total. The topological polar surface area (TPSA) is 63.6 Å². The maximum absolute atomic E-state index is 11.8. The number of halogens is 3. The van der Waals surface area contributed by atoms with Crippen molar-refractivity contribution >= 4 is 16.5 Å². The summed E-state index contributed by atoms with van der Waals surface area (Å²) in [6, 6.07) is 4.65. The van der Waals surface area contributed by atoms with Crippen LogP contribution in [0.4, 0.5) is 13.2 Å². The normalized spacial score (nSPS) is 12.9. The predicted molar refractivity (Wildman–Crippen MR) is 53.7 cm³/mol. The third kappa shape index (κ3) is 5.93. The first kappa shape index (κ1) is 13.5. The summed E-state index contributed by atoms with van der Waals surface area (Å²) in [5, 5.41) is 0. The summed E-state index contributed by atoms with van der Waals surface area (Å²) in [6.07, 6.45) is -3.55. The SMILES string of the molecule is O=S(=O)(O)Oc1ccc(C=CC(F)(F)F)cc1. The Morgan fingerprint density at radius 2 is 1.71 bits per heavy atom. The molecule has 0 aliphatic carbocycles. The van der Waals surface area contributed by atoms with Crippen molar-refractivity contribution in [3.63, 3.8) is 0 Å². The van der Waals surface area contributed by atoms with Crippen LogP contribution < -0.4 is 4.18 Å². The van der Waals surface area contributed by atoms with E-state index in [9.17, 15) is 21.6 Å². The van der Waals surface area contributed by atoms with E-state index in [0.29, 0.717) is 0 Å². The molecule has 1 aromatic rings. The van der Waals surface area contributed by atoms with Gasteiger partial charge in [0.15, 0.2) is 0 Å². The lowest BCUT2D eigenvalue weighted by molar-refractivity contribution is -0.0790. The summed E-state index contributed by atoms with van der Waals surface area (Å²) >= 11 is 0.